The highest BCUT2D eigenvalue weighted by molar-refractivity contribution is 8.17. The van der Waals surface area contributed by atoms with Crippen molar-refractivity contribution in [2.45, 2.75) is 85.2 Å². The molecule has 3 unspecified atom stereocenters. The second kappa shape index (κ2) is 18.2. The van der Waals surface area contributed by atoms with E-state index in [4.69, 9.17) is 0 Å². The third-order valence-electron chi connectivity index (χ3n) is 7.71. The van der Waals surface area contributed by atoms with Crippen LogP contribution in [-0.2, 0) is 9.59 Å². The molecule has 256 valence electrons. The predicted octanol–water partition coefficient (Wildman–Crippen LogP) is 12.5. The molecule has 0 aromatic heterocycles. The van der Waals surface area contributed by atoms with Gasteiger partial charge in [-0.05, 0) is 130 Å². The van der Waals surface area contributed by atoms with Crippen LogP contribution in [0.1, 0.15) is 38.3 Å². The van der Waals surface area contributed by atoms with Gasteiger partial charge < -0.3 is 0 Å². The van der Waals surface area contributed by atoms with E-state index in [0.717, 1.165) is 23.7 Å². The Hall–Kier alpha value is -0.720. The van der Waals surface area contributed by atoms with Gasteiger partial charge in [0.25, 0.3) is 0 Å². The minimum atomic E-state index is -0.287. The maximum Gasteiger partial charge on any atom is 0.215 e. The Morgan fingerprint density at radius 3 is 1.79 bits per heavy atom. The van der Waals surface area contributed by atoms with Crippen molar-refractivity contribution in [3.63, 3.8) is 0 Å². The molecule has 0 amide bonds. The summed E-state index contributed by atoms with van der Waals surface area (Å²) in [4.78, 5) is 33.3. The zero-order valence-electron chi connectivity index (χ0n) is 28.7. The third-order valence-corrected chi connectivity index (χ3v) is 18.5. The molecule has 1 aliphatic rings. The molecule has 4 rings (SSSR count). The average Bonchev–Trinajstić information content (AvgIpc) is 3.74. The van der Waals surface area contributed by atoms with Crippen LogP contribution in [0.3, 0.4) is 0 Å². The van der Waals surface area contributed by atoms with Gasteiger partial charge >= 0.3 is 0 Å². The Balaban J connectivity index is 1.49. The number of hydrogen-bond acceptors (Lipinski definition) is 10. The van der Waals surface area contributed by atoms with Crippen LogP contribution in [0, 0.1) is 13.8 Å². The molecule has 3 atom stereocenters. The molecule has 3 aromatic rings. The molecule has 10 heteroatoms. The summed E-state index contributed by atoms with van der Waals surface area (Å²) in [6.07, 6.45) is 5.16. The molecular formula is C38H44O2S8. The molecule has 48 heavy (non-hydrogen) atoms. The van der Waals surface area contributed by atoms with Gasteiger partial charge in [0, 0.05) is 61.4 Å². The van der Waals surface area contributed by atoms with E-state index >= 15 is 0 Å². The summed E-state index contributed by atoms with van der Waals surface area (Å²) in [6.45, 7) is 18.0. The Kier molecular flexibility index (Phi) is 15.2. The monoisotopic (exact) mass is 788 g/mol. The summed E-state index contributed by atoms with van der Waals surface area (Å²) < 4.78 is -0.415. The first-order valence-electron chi connectivity index (χ1n) is 15.5. The van der Waals surface area contributed by atoms with Crippen molar-refractivity contribution >= 4 is 104 Å². The van der Waals surface area contributed by atoms with Crippen molar-refractivity contribution in [1.82, 2.24) is 0 Å². The molecule has 1 saturated carbocycles. The quantitative estimate of drug-likeness (QED) is 0.0974. The smallest absolute Gasteiger partial charge is 0.215 e. The van der Waals surface area contributed by atoms with Crippen LogP contribution in [0.25, 0.3) is 0 Å². The summed E-state index contributed by atoms with van der Waals surface area (Å²) in [5, 5.41) is 0.483. The largest absolute Gasteiger partial charge is 0.282 e. The lowest BCUT2D eigenvalue weighted by atomic mass is 10.2. The van der Waals surface area contributed by atoms with Crippen LogP contribution in [0.5, 0.6) is 0 Å². The second-order valence-electron chi connectivity index (χ2n) is 12.3. The summed E-state index contributed by atoms with van der Waals surface area (Å²) in [5.41, 5.74) is 3.70. The average molecular weight is 789 g/mol. The fraction of sp³-hybridized carbons (Fsp3) is 0.368. The molecular weight excluding hydrogens is 745 g/mol. The molecule has 0 saturated heterocycles. The van der Waals surface area contributed by atoms with Crippen LogP contribution in [0.2, 0.25) is 0 Å². The maximum atomic E-state index is 12.9. The molecule has 0 bridgehead atoms. The van der Waals surface area contributed by atoms with E-state index in [-0.39, 0.29) is 19.7 Å². The number of carbonyl (C=O) groups excluding carboxylic acids is 2. The van der Waals surface area contributed by atoms with E-state index in [9.17, 15) is 9.59 Å². The molecule has 3 aromatic carbocycles. The van der Waals surface area contributed by atoms with Gasteiger partial charge in [-0.3, -0.25) is 9.59 Å². The SMILES string of the molecule is C=C(C)C(=O)SC(C)(CSc1ccc(SC)cc1)CSc1cc(SC2CC2(CSc2ccc(SC)cc2)SC(=O)C(=C)C)c(C)cc1C. The van der Waals surface area contributed by atoms with Crippen LogP contribution >= 0.6 is 94.1 Å². The first-order chi connectivity index (χ1) is 22.8. The van der Waals surface area contributed by atoms with Crippen molar-refractivity contribution in [2.75, 3.05) is 29.8 Å². The number of benzene rings is 3. The Labute approximate surface area is 322 Å². The van der Waals surface area contributed by atoms with Gasteiger partial charge in [0.1, 0.15) is 0 Å². The minimum absolute atomic E-state index is 0.0539. The van der Waals surface area contributed by atoms with Crippen LogP contribution in [-0.4, -0.2) is 54.7 Å². The number of aryl methyl sites for hydroxylation is 2. The minimum Gasteiger partial charge on any atom is -0.282 e. The van der Waals surface area contributed by atoms with Crippen LogP contribution in [0.4, 0.5) is 0 Å². The molecule has 2 nitrogen and oxygen atoms in total. The number of rotatable bonds is 17. The molecule has 1 fully saturated rings. The summed E-state index contributed by atoms with van der Waals surface area (Å²) in [7, 11) is 0. The van der Waals surface area contributed by atoms with E-state index < -0.39 is 0 Å². The van der Waals surface area contributed by atoms with Crippen molar-refractivity contribution < 1.29 is 9.59 Å². The fourth-order valence-corrected chi connectivity index (χ4v) is 13.4. The first kappa shape index (κ1) is 40.1. The lowest BCUT2D eigenvalue weighted by molar-refractivity contribution is -0.108. The molecule has 0 spiro atoms. The third kappa shape index (κ3) is 11.4. The Morgan fingerprint density at radius 1 is 0.750 bits per heavy atom. The topological polar surface area (TPSA) is 34.1 Å². The fourth-order valence-electron chi connectivity index (χ4n) is 4.64. The van der Waals surface area contributed by atoms with Crippen molar-refractivity contribution in [2.24, 2.45) is 0 Å². The second-order valence-corrected chi connectivity index (χ2v) is 21.3. The zero-order chi connectivity index (χ0) is 35.1. The Bertz CT molecular complexity index is 1640. The van der Waals surface area contributed by atoms with Crippen molar-refractivity contribution in [1.29, 1.82) is 0 Å². The Morgan fingerprint density at radius 2 is 1.25 bits per heavy atom. The van der Waals surface area contributed by atoms with E-state index in [1.165, 1.54) is 64.0 Å². The van der Waals surface area contributed by atoms with E-state index in [2.05, 4.69) is 107 Å². The van der Waals surface area contributed by atoms with Gasteiger partial charge in [0.05, 0.1) is 0 Å². The van der Waals surface area contributed by atoms with Gasteiger partial charge in [-0.2, -0.15) is 0 Å². The summed E-state index contributed by atoms with van der Waals surface area (Å²) in [5.74, 6) is 2.48. The normalized spacial score (nSPS) is 18.3. The number of hydrogen-bond donors (Lipinski definition) is 0. The molecule has 1 aliphatic carbocycles. The van der Waals surface area contributed by atoms with Crippen LogP contribution < -0.4 is 0 Å². The predicted molar refractivity (Wildman–Crippen MR) is 225 cm³/mol. The molecule has 0 heterocycles. The lowest BCUT2D eigenvalue weighted by Crippen LogP contribution is -2.29. The summed E-state index contributed by atoms with van der Waals surface area (Å²) >= 11 is 13.8. The van der Waals surface area contributed by atoms with Gasteiger partial charge in [0.2, 0.25) is 10.2 Å². The highest BCUT2D eigenvalue weighted by Gasteiger charge is 2.56. The highest BCUT2D eigenvalue weighted by Crippen LogP contribution is 2.60. The number of carbonyl (C=O) groups is 2. The van der Waals surface area contributed by atoms with Gasteiger partial charge in [-0.1, -0.05) is 42.7 Å². The van der Waals surface area contributed by atoms with Crippen molar-refractivity contribution in [3.05, 3.63) is 96.1 Å². The molecule has 0 aliphatic heterocycles. The molecule has 0 N–H and O–H groups in total. The standard InChI is InChI=1S/C38H44O2S8/c1-24(2)35(39)47-37(7,21-43-30-14-10-28(41-8)11-15-30)22-45-32-19-33(27(6)18-26(32)5)46-34-20-38(34,48-36(40)25(3)4)23-44-31-16-12-29(42-9)13-17-31/h10-19,34H,1,3,20-23H2,2,4-9H3. The van der Waals surface area contributed by atoms with E-state index in [1.54, 1.807) is 42.2 Å². The van der Waals surface area contributed by atoms with E-state index in [1.807, 2.05) is 42.2 Å². The maximum absolute atomic E-state index is 12.9. The highest BCUT2D eigenvalue weighted by atomic mass is 32.2. The van der Waals surface area contributed by atoms with Gasteiger partial charge in [0.15, 0.2) is 0 Å². The van der Waals surface area contributed by atoms with Crippen LogP contribution in [0.15, 0.2) is 114 Å². The van der Waals surface area contributed by atoms with Gasteiger partial charge in [-0.25, -0.2) is 0 Å². The number of thioether (sulfide) groups is 8. The first-order valence-corrected chi connectivity index (χ1v) is 23.4. The van der Waals surface area contributed by atoms with Crippen molar-refractivity contribution in [3.8, 4) is 0 Å². The lowest BCUT2D eigenvalue weighted by Gasteiger charge is -2.28. The summed E-state index contributed by atoms with van der Waals surface area (Å²) in [6, 6.07) is 22.0. The van der Waals surface area contributed by atoms with Gasteiger partial charge in [-0.15, -0.1) is 70.6 Å². The molecule has 0 radical (unpaired) electrons. The van der Waals surface area contributed by atoms with E-state index in [0.29, 0.717) is 16.4 Å². The zero-order valence-corrected chi connectivity index (χ0v) is 35.2.